The van der Waals surface area contributed by atoms with Crippen LogP contribution >= 0.6 is 0 Å². The number of nitrogens with one attached hydrogen (secondary N) is 1. The van der Waals surface area contributed by atoms with Gasteiger partial charge in [0.1, 0.15) is 5.75 Å². The Bertz CT molecular complexity index is 999. The lowest BCUT2D eigenvalue weighted by atomic mass is 9.99. The summed E-state index contributed by atoms with van der Waals surface area (Å²) < 4.78 is 51.2. The van der Waals surface area contributed by atoms with E-state index >= 15 is 0 Å². The lowest BCUT2D eigenvalue weighted by molar-refractivity contribution is -0.137. The normalized spacial score (nSPS) is 16.7. The number of alkyl halides is 3. The fraction of sp³-hybridized carbons (Fsp3) is 0.417. The highest BCUT2D eigenvalue weighted by molar-refractivity contribution is 5.81. The number of benzene rings is 2. The average molecular weight is 446 g/mol. The van der Waals surface area contributed by atoms with E-state index < -0.39 is 29.3 Å². The third-order valence-electron chi connectivity index (χ3n) is 5.22. The van der Waals surface area contributed by atoms with Gasteiger partial charge >= 0.3 is 6.18 Å². The molecule has 8 heteroatoms. The summed E-state index contributed by atoms with van der Waals surface area (Å²) in [6.07, 6.45) is -4.88. The number of hydrogen-bond acceptors (Lipinski definition) is 4. The molecule has 1 aliphatic rings. The molecule has 3 rings (SSSR count). The number of nitriles is 1. The molecule has 0 aliphatic carbocycles. The van der Waals surface area contributed by atoms with Gasteiger partial charge in [-0.2, -0.15) is 18.4 Å². The molecule has 1 amide bonds. The van der Waals surface area contributed by atoms with Gasteiger partial charge in [-0.1, -0.05) is 38.1 Å². The maximum Gasteiger partial charge on any atom is 0.417 e. The highest BCUT2D eigenvalue weighted by Gasteiger charge is 2.34. The van der Waals surface area contributed by atoms with Crippen molar-refractivity contribution in [2.45, 2.75) is 51.7 Å². The van der Waals surface area contributed by atoms with Crippen LogP contribution in [0, 0.1) is 17.2 Å². The van der Waals surface area contributed by atoms with Crippen molar-refractivity contribution in [3.05, 3.63) is 64.7 Å². The number of nitrogens with zero attached hydrogens (tertiary/aromatic N) is 1. The van der Waals surface area contributed by atoms with E-state index in [1.807, 2.05) is 38.1 Å². The minimum absolute atomic E-state index is 0.0732. The molecule has 2 aromatic carbocycles. The minimum atomic E-state index is -4.70. The van der Waals surface area contributed by atoms with E-state index in [9.17, 15) is 18.0 Å². The van der Waals surface area contributed by atoms with Crippen molar-refractivity contribution < 1.29 is 27.4 Å². The van der Waals surface area contributed by atoms with Gasteiger partial charge in [0.25, 0.3) is 5.91 Å². The molecule has 2 aromatic rings. The van der Waals surface area contributed by atoms with E-state index in [4.69, 9.17) is 14.7 Å². The van der Waals surface area contributed by atoms with Crippen molar-refractivity contribution in [3.63, 3.8) is 0 Å². The molecule has 1 N–H and O–H groups in total. The van der Waals surface area contributed by atoms with E-state index in [-0.39, 0.29) is 24.3 Å². The number of carbonyl (C=O) groups excluding carboxylic acids is 1. The molecular weight excluding hydrogens is 421 g/mol. The van der Waals surface area contributed by atoms with Crippen molar-refractivity contribution in [3.8, 4) is 11.8 Å². The molecule has 1 heterocycles. The first-order valence-electron chi connectivity index (χ1n) is 10.4. The topological polar surface area (TPSA) is 71.3 Å². The molecule has 1 aliphatic heterocycles. The number of ether oxygens (including phenoxy) is 2. The second-order valence-corrected chi connectivity index (χ2v) is 8.20. The number of fused-ring (bicyclic) bond motifs is 1. The summed E-state index contributed by atoms with van der Waals surface area (Å²) in [4.78, 5) is 12.8. The van der Waals surface area contributed by atoms with Crippen LogP contribution in [0.5, 0.6) is 5.75 Å². The van der Waals surface area contributed by atoms with Gasteiger partial charge in [0.05, 0.1) is 29.9 Å². The van der Waals surface area contributed by atoms with Crippen molar-refractivity contribution in [1.29, 1.82) is 5.26 Å². The van der Waals surface area contributed by atoms with Gasteiger partial charge in [-0.05, 0) is 41.7 Å². The Labute approximate surface area is 185 Å². The summed E-state index contributed by atoms with van der Waals surface area (Å²) in [6.45, 7) is 4.52. The monoisotopic (exact) mass is 446 g/mol. The SMILES string of the molecule is CC(C)CC(Oc1ccc(C#N)c(C(F)(F)F)c1)C(=O)NCC1Cc2ccccc2CO1. The van der Waals surface area contributed by atoms with Gasteiger partial charge in [0.2, 0.25) is 0 Å². The maximum atomic E-state index is 13.3. The summed E-state index contributed by atoms with van der Waals surface area (Å²) in [5.74, 6) is -0.455. The average Bonchev–Trinajstić information content (AvgIpc) is 2.76. The van der Waals surface area contributed by atoms with Gasteiger partial charge < -0.3 is 14.8 Å². The lowest BCUT2D eigenvalue weighted by Crippen LogP contribution is -2.44. The molecule has 0 saturated carbocycles. The molecular formula is C24H25F3N2O3. The van der Waals surface area contributed by atoms with Gasteiger partial charge in [-0.25, -0.2) is 0 Å². The lowest BCUT2D eigenvalue weighted by Gasteiger charge is -2.27. The largest absolute Gasteiger partial charge is 0.481 e. The first kappa shape index (κ1) is 23.6. The molecule has 2 unspecified atom stereocenters. The third kappa shape index (κ3) is 6.01. The number of amides is 1. The number of rotatable bonds is 7. The Morgan fingerprint density at radius 1 is 1.25 bits per heavy atom. The molecule has 170 valence electrons. The maximum absolute atomic E-state index is 13.3. The van der Waals surface area contributed by atoms with Crippen LogP contribution in [-0.2, 0) is 28.7 Å². The molecule has 0 spiro atoms. The molecule has 0 bridgehead atoms. The van der Waals surface area contributed by atoms with Crippen LogP contribution in [0.1, 0.15) is 42.5 Å². The predicted molar refractivity (Wildman–Crippen MR) is 112 cm³/mol. The Balaban J connectivity index is 1.67. The molecule has 0 aromatic heterocycles. The molecule has 32 heavy (non-hydrogen) atoms. The zero-order valence-corrected chi connectivity index (χ0v) is 17.9. The molecule has 0 radical (unpaired) electrons. The molecule has 5 nitrogen and oxygen atoms in total. The summed E-state index contributed by atoms with van der Waals surface area (Å²) in [5.41, 5.74) is 0.711. The van der Waals surface area contributed by atoms with E-state index in [1.165, 1.54) is 17.7 Å². The summed E-state index contributed by atoms with van der Waals surface area (Å²) in [6, 6.07) is 12.6. The van der Waals surface area contributed by atoms with Crippen LogP contribution in [-0.4, -0.2) is 24.7 Å². The van der Waals surface area contributed by atoms with Crippen molar-refractivity contribution in [2.75, 3.05) is 6.54 Å². The second-order valence-electron chi connectivity index (χ2n) is 8.20. The highest BCUT2D eigenvalue weighted by Crippen LogP contribution is 2.34. The first-order chi connectivity index (χ1) is 15.2. The zero-order chi connectivity index (χ0) is 23.3. The van der Waals surface area contributed by atoms with E-state index in [1.54, 1.807) is 0 Å². The third-order valence-corrected chi connectivity index (χ3v) is 5.22. The Morgan fingerprint density at radius 2 is 1.97 bits per heavy atom. The molecule has 2 atom stereocenters. The van der Waals surface area contributed by atoms with E-state index in [2.05, 4.69) is 5.32 Å². The van der Waals surface area contributed by atoms with Crippen LogP contribution in [0.3, 0.4) is 0 Å². The Hall–Kier alpha value is -3.05. The highest BCUT2D eigenvalue weighted by atomic mass is 19.4. The summed E-state index contributed by atoms with van der Waals surface area (Å²) in [5, 5.41) is 11.8. The van der Waals surface area contributed by atoms with Gasteiger partial charge in [0.15, 0.2) is 6.10 Å². The predicted octanol–water partition coefficient (Wildman–Crippen LogP) is 4.63. The van der Waals surface area contributed by atoms with E-state index in [0.717, 1.165) is 17.7 Å². The molecule has 0 saturated heterocycles. The van der Waals surface area contributed by atoms with Crippen LogP contribution in [0.15, 0.2) is 42.5 Å². The minimum Gasteiger partial charge on any atom is -0.481 e. The number of hydrogen-bond donors (Lipinski definition) is 1. The van der Waals surface area contributed by atoms with Gasteiger partial charge in [-0.3, -0.25) is 4.79 Å². The van der Waals surface area contributed by atoms with Crippen LogP contribution in [0.2, 0.25) is 0 Å². The van der Waals surface area contributed by atoms with Crippen LogP contribution in [0.25, 0.3) is 0 Å². The van der Waals surface area contributed by atoms with Crippen LogP contribution < -0.4 is 10.1 Å². The summed E-state index contributed by atoms with van der Waals surface area (Å²) >= 11 is 0. The quantitative estimate of drug-likeness (QED) is 0.673. The number of carbonyl (C=O) groups is 1. The van der Waals surface area contributed by atoms with Crippen molar-refractivity contribution >= 4 is 5.91 Å². The van der Waals surface area contributed by atoms with Crippen molar-refractivity contribution in [1.82, 2.24) is 5.32 Å². The molecule has 0 fully saturated rings. The zero-order valence-electron chi connectivity index (χ0n) is 17.9. The smallest absolute Gasteiger partial charge is 0.417 e. The van der Waals surface area contributed by atoms with Gasteiger partial charge in [-0.15, -0.1) is 0 Å². The standard InChI is InChI=1S/C24H25F3N2O3/c1-15(2)9-22(32-19-8-7-17(12-28)21(11-19)24(25,26)27)23(30)29-13-20-10-16-5-3-4-6-18(16)14-31-20/h3-8,11,15,20,22H,9-10,13-14H2,1-2H3,(H,29,30). The fourth-order valence-electron chi connectivity index (χ4n) is 3.60. The first-order valence-corrected chi connectivity index (χ1v) is 10.4. The Morgan fingerprint density at radius 3 is 2.62 bits per heavy atom. The fourth-order valence-corrected chi connectivity index (χ4v) is 3.60. The number of halogens is 3. The van der Waals surface area contributed by atoms with E-state index in [0.29, 0.717) is 19.4 Å². The van der Waals surface area contributed by atoms with Crippen LogP contribution in [0.4, 0.5) is 13.2 Å². The summed E-state index contributed by atoms with van der Waals surface area (Å²) in [7, 11) is 0. The van der Waals surface area contributed by atoms with Gasteiger partial charge in [0, 0.05) is 13.0 Å². The van der Waals surface area contributed by atoms with Crippen molar-refractivity contribution in [2.24, 2.45) is 5.92 Å². The Kier molecular flexibility index (Phi) is 7.41. The second kappa shape index (κ2) is 10.0.